The van der Waals surface area contributed by atoms with Crippen LogP contribution in [-0.2, 0) is 9.59 Å². The number of carbonyl (C=O) groups excluding carboxylic acids is 2. The van der Waals surface area contributed by atoms with Crippen molar-refractivity contribution < 1.29 is 29.4 Å². The second-order valence-electron chi connectivity index (χ2n) is 11.9. The Labute approximate surface area is 267 Å². The molecule has 4 N–H and O–H groups in total. The van der Waals surface area contributed by atoms with Gasteiger partial charge in [0.2, 0.25) is 0 Å². The van der Waals surface area contributed by atoms with Crippen LogP contribution in [0.5, 0.6) is 0 Å². The summed E-state index contributed by atoms with van der Waals surface area (Å²) in [5.41, 5.74) is 0.924. The molecule has 0 atom stereocenters. The van der Waals surface area contributed by atoms with Crippen molar-refractivity contribution in [3.63, 3.8) is 0 Å². The van der Waals surface area contributed by atoms with Gasteiger partial charge in [0.1, 0.15) is 13.1 Å². The smallest absolute Gasteiger partial charge is 0.322 e. The zero-order valence-corrected chi connectivity index (χ0v) is 25.8. The number of benzene rings is 2. The third kappa shape index (κ3) is 10.0. The number of carbonyl (C=O) groups is 4. The van der Waals surface area contributed by atoms with E-state index < -0.39 is 11.9 Å². The predicted octanol–water partition coefficient (Wildman–Crippen LogP) is -1.04. The first-order valence-electron chi connectivity index (χ1n) is 15.1. The molecule has 10 rings (SSSR count). The van der Waals surface area contributed by atoms with Crippen LogP contribution in [-0.4, -0.2) is 166 Å². The second kappa shape index (κ2) is 16.0. The molecule has 0 aromatic heterocycles. The lowest BCUT2D eigenvalue weighted by Crippen LogP contribution is -2.71. The number of rotatable bonds is 6. The van der Waals surface area contributed by atoms with Crippen molar-refractivity contribution >= 4 is 23.8 Å². The van der Waals surface area contributed by atoms with E-state index in [9.17, 15) is 19.2 Å². The van der Waals surface area contributed by atoms with E-state index in [2.05, 4.69) is 49.8 Å². The van der Waals surface area contributed by atoms with Crippen molar-refractivity contribution in [2.75, 3.05) is 93.1 Å². The number of hydrogen-bond acceptors (Lipinski definition) is 12. The van der Waals surface area contributed by atoms with Crippen LogP contribution in [0.15, 0.2) is 60.7 Å². The number of hydrogen-bond donors (Lipinski definition) is 4. The minimum atomic E-state index is -1.05. The zero-order valence-electron chi connectivity index (χ0n) is 25.8. The van der Waals surface area contributed by atoms with Gasteiger partial charge in [-0.1, -0.05) is 36.4 Å². The molecule has 8 bridgehead atoms. The molecular weight excluding hydrogens is 596 g/mol. The largest absolute Gasteiger partial charge is 0.480 e. The van der Waals surface area contributed by atoms with E-state index in [-0.39, 0.29) is 24.9 Å². The van der Waals surface area contributed by atoms with Crippen molar-refractivity contribution in [3.05, 3.63) is 71.8 Å². The third-order valence-electron chi connectivity index (χ3n) is 7.67. The summed E-state index contributed by atoms with van der Waals surface area (Å²) in [6.45, 7) is 13.5. The Morgan fingerprint density at radius 2 is 0.652 bits per heavy atom. The quantitative estimate of drug-likeness (QED) is 0.304. The molecule has 2 aromatic carbocycles. The SMILES string of the molecule is C1N2CN3CN1CN(C2)C3.C1N2CN3CN1CN(C2)C3.O=C(O)CNC(=O)c1ccccc1.O=C(O)CNC(=O)c1ccccc1. The van der Waals surface area contributed by atoms with Crippen LogP contribution in [0.4, 0.5) is 0 Å². The van der Waals surface area contributed by atoms with E-state index in [4.69, 9.17) is 10.2 Å². The van der Waals surface area contributed by atoms with Crippen molar-refractivity contribution in [3.8, 4) is 0 Å². The molecule has 0 radical (unpaired) electrons. The van der Waals surface area contributed by atoms with Crippen LogP contribution in [0.2, 0.25) is 0 Å². The minimum absolute atomic E-state index is 0.353. The highest BCUT2D eigenvalue weighted by Gasteiger charge is 2.37. The van der Waals surface area contributed by atoms with Gasteiger partial charge in [-0.2, -0.15) is 0 Å². The van der Waals surface area contributed by atoms with Crippen LogP contribution >= 0.6 is 0 Å². The van der Waals surface area contributed by atoms with Gasteiger partial charge in [0.05, 0.1) is 80.0 Å². The van der Waals surface area contributed by atoms with Gasteiger partial charge < -0.3 is 20.8 Å². The summed E-state index contributed by atoms with van der Waals surface area (Å²) in [6, 6.07) is 16.9. The van der Waals surface area contributed by atoms with Crippen LogP contribution in [0, 0.1) is 0 Å². The average Bonchev–Trinajstić information content (AvgIpc) is 3.03. The molecule has 0 aliphatic carbocycles. The minimum Gasteiger partial charge on any atom is -0.480 e. The van der Waals surface area contributed by atoms with Gasteiger partial charge in [-0.05, 0) is 24.3 Å². The number of amides is 2. The van der Waals surface area contributed by atoms with Gasteiger partial charge in [-0.25, -0.2) is 0 Å². The Morgan fingerprint density at radius 3 is 0.848 bits per heavy atom. The molecule has 0 spiro atoms. The summed E-state index contributed by atoms with van der Waals surface area (Å²) in [6.07, 6.45) is 0. The van der Waals surface area contributed by atoms with Crippen molar-refractivity contribution in [1.29, 1.82) is 0 Å². The monoisotopic (exact) mass is 638 g/mol. The maximum Gasteiger partial charge on any atom is 0.322 e. The lowest BCUT2D eigenvalue weighted by Gasteiger charge is -2.56. The summed E-state index contributed by atoms with van der Waals surface area (Å²) in [7, 11) is 0. The highest BCUT2D eigenvalue weighted by molar-refractivity contribution is 5.96. The molecule has 2 amide bonds. The van der Waals surface area contributed by atoms with Crippen LogP contribution in [0.25, 0.3) is 0 Å². The first-order valence-corrected chi connectivity index (χ1v) is 15.1. The number of carboxylic acid groups (broad SMARTS) is 2. The van der Waals surface area contributed by atoms with Crippen LogP contribution < -0.4 is 10.6 Å². The maximum atomic E-state index is 11.2. The van der Waals surface area contributed by atoms with E-state index in [0.717, 1.165) is 0 Å². The molecule has 8 aliphatic heterocycles. The summed E-state index contributed by atoms with van der Waals surface area (Å²) in [5, 5.41) is 21.1. The van der Waals surface area contributed by atoms with E-state index in [1.54, 1.807) is 60.7 Å². The van der Waals surface area contributed by atoms with Gasteiger partial charge >= 0.3 is 11.9 Å². The normalized spacial score (nSPS) is 30.3. The van der Waals surface area contributed by atoms with Gasteiger partial charge in [0.25, 0.3) is 11.8 Å². The number of carboxylic acids is 2. The Balaban J connectivity index is 0.000000121. The molecule has 16 heteroatoms. The zero-order chi connectivity index (χ0) is 32.5. The fourth-order valence-electron chi connectivity index (χ4n) is 6.16. The number of nitrogens with one attached hydrogen (secondary N) is 2. The second-order valence-corrected chi connectivity index (χ2v) is 11.9. The molecule has 46 heavy (non-hydrogen) atoms. The third-order valence-corrected chi connectivity index (χ3v) is 7.67. The van der Waals surface area contributed by atoms with Crippen LogP contribution in [0.1, 0.15) is 20.7 Å². The van der Waals surface area contributed by atoms with E-state index in [1.165, 1.54) is 80.0 Å². The number of nitrogens with zero attached hydrogens (tertiary/aromatic N) is 8. The van der Waals surface area contributed by atoms with E-state index in [0.29, 0.717) is 11.1 Å². The topological polar surface area (TPSA) is 159 Å². The summed E-state index contributed by atoms with van der Waals surface area (Å²) in [4.78, 5) is 62.3. The highest BCUT2D eigenvalue weighted by atomic mass is 16.4. The van der Waals surface area contributed by atoms with Crippen LogP contribution in [0.3, 0.4) is 0 Å². The van der Waals surface area contributed by atoms with E-state index in [1.807, 2.05) is 0 Å². The first kappa shape index (κ1) is 33.4. The Hall–Kier alpha value is -4.00. The fraction of sp³-hybridized carbons (Fsp3) is 0.467. The Kier molecular flexibility index (Phi) is 11.6. The molecule has 8 aliphatic rings. The number of aliphatic carboxylic acids is 2. The molecule has 16 nitrogen and oxygen atoms in total. The van der Waals surface area contributed by atoms with Gasteiger partial charge in [-0.3, -0.25) is 58.4 Å². The summed E-state index contributed by atoms with van der Waals surface area (Å²) < 4.78 is 0. The fourth-order valence-corrected chi connectivity index (χ4v) is 6.16. The molecule has 8 heterocycles. The summed E-state index contributed by atoms with van der Waals surface area (Å²) in [5.74, 6) is -2.85. The molecule has 0 unspecified atom stereocenters. The molecular formula is C30H42N10O6. The average molecular weight is 639 g/mol. The highest BCUT2D eigenvalue weighted by Crippen LogP contribution is 2.21. The maximum absolute atomic E-state index is 11.2. The van der Waals surface area contributed by atoms with Crippen molar-refractivity contribution in [2.45, 2.75) is 0 Å². The van der Waals surface area contributed by atoms with Crippen molar-refractivity contribution in [2.24, 2.45) is 0 Å². The predicted molar refractivity (Wildman–Crippen MR) is 166 cm³/mol. The molecule has 8 fully saturated rings. The standard InChI is InChI=1S/2C9H9NO3.2C6H12N4/c2*11-8(12)6-10-9(13)7-4-2-1-3-5-7;2*1-7-2-9-4-8(1)5-10(3-7)6-9/h2*1-5H,6H2,(H,10,13)(H,11,12);2*1-6H2. The van der Waals surface area contributed by atoms with Gasteiger partial charge in [0, 0.05) is 11.1 Å². The molecule has 8 saturated heterocycles. The summed E-state index contributed by atoms with van der Waals surface area (Å²) >= 11 is 0. The van der Waals surface area contributed by atoms with E-state index >= 15 is 0 Å². The van der Waals surface area contributed by atoms with Crippen molar-refractivity contribution in [1.82, 2.24) is 49.8 Å². The van der Waals surface area contributed by atoms with Gasteiger partial charge in [-0.15, -0.1) is 0 Å². The van der Waals surface area contributed by atoms with Gasteiger partial charge in [0.15, 0.2) is 0 Å². The molecule has 248 valence electrons. The lowest BCUT2D eigenvalue weighted by atomic mass is 10.2. The Morgan fingerprint density at radius 1 is 0.435 bits per heavy atom. The molecule has 0 saturated carbocycles. The Bertz CT molecular complexity index is 1120. The lowest BCUT2D eigenvalue weighted by molar-refractivity contribution is -0.194. The molecule has 2 aromatic rings. The first-order chi connectivity index (χ1) is 22.2.